The predicted octanol–water partition coefficient (Wildman–Crippen LogP) is 2.28. The zero-order valence-electron chi connectivity index (χ0n) is 8.81. The molecule has 2 N–H and O–H groups in total. The predicted molar refractivity (Wildman–Crippen MR) is 57.7 cm³/mol. The van der Waals surface area contributed by atoms with Gasteiger partial charge in [-0.05, 0) is 18.6 Å². The number of nitrogens with two attached hydrogens (primary N) is 1. The van der Waals surface area contributed by atoms with Gasteiger partial charge >= 0.3 is 5.69 Å². The van der Waals surface area contributed by atoms with Crippen molar-refractivity contribution in [2.45, 2.75) is 6.92 Å². The van der Waals surface area contributed by atoms with Gasteiger partial charge in [-0.25, -0.2) is 0 Å². The number of aryl methyl sites for hydroxylation is 1. The number of nitrogens with zero attached hydrogens (tertiary/aromatic N) is 2. The van der Waals surface area contributed by atoms with Crippen LogP contribution < -0.4 is 5.73 Å². The molecule has 0 amide bonds. The summed E-state index contributed by atoms with van der Waals surface area (Å²) in [6.07, 6.45) is 0. The SMILES string of the molecule is Cc1noc(N)c1-c1ccc(F)c([N+](=O)[O-])c1. The normalized spacial score (nSPS) is 10.5. The second kappa shape index (κ2) is 3.85. The zero-order chi connectivity index (χ0) is 12.6. The average molecular weight is 237 g/mol. The summed E-state index contributed by atoms with van der Waals surface area (Å²) in [5.74, 6) is -0.852. The van der Waals surface area contributed by atoms with Gasteiger partial charge in [-0.1, -0.05) is 11.2 Å². The molecule has 1 aromatic heterocycles. The fourth-order valence-electron chi connectivity index (χ4n) is 1.55. The molecule has 0 aliphatic rings. The Morgan fingerprint density at radius 2 is 2.24 bits per heavy atom. The van der Waals surface area contributed by atoms with Gasteiger partial charge in [0.2, 0.25) is 11.7 Å². The van der Waals surface area contributed by atoms with Crippen LogP contribution in [0.2, 0.25) is 0 Å². The first-order valence-corrected chi connectivity index (χ1v) is 4.66. The number of nitro groups is 1. The second-order valence-corrected chi connectivity index (χ2v) is 3.43. The fourth-order valence-corrected chi connectivity index (χ4v) is 1.55. The molecule has 0 atom stereocenters. The number of nitrogen functional groups attached to an aromatic ring is 1. The number of rotatable bonds is 2. The fraction of sp³-hybridized carbons (Fsp3) is 0.100. The van der Waals surface area contributed by atoms with Crippen LogP contribution in [0.5, 0.6) is 0 Å². The van der Waals surface area contributed by atoms with E-state index in [4.69, 9.17) is 10.3 Å². The van der Waals surface area contributed by atoms with Crippen LogP contribution in [0.1, 0.15) is 5.69 Å². The Hall–Kier alpha value is -2.44. The molecule has 0 saturated carbocycles. The molecule has 1 aromatic carbocycles. The van der Waals surface area contributed by atoms with Gasteiger partial charge in [0.15, 0.2) is 0 Å². The smallest absolute Gasteiger partial charge is 0.305 e. The van der Waals surface area contributed by atoms with Crippen LogP contribution in [0, 0.1) is 22.9 Å². The molecule has 0 aliphatic heterocycles. The number of nitro benzene ring substituents is 1. The molecule has 0 radical (unpaired) electrons. The monoisotopic (exact) mass is 237 g/mol. The largest absolute Gasteiger partial charge is 0.367 e. The number of hydrogen-bond acceptors (Lipinski definition) is 5. The van der Waals surface area contributed by atoms with E-state index < -0.39 is 16.4 Å². The van der Waals surface area contributed by atoms with Gasteiger partial charge in [-0.3, -0.25) is 10.1 Å². The van der Waals surface area contributed by atoms with Crippen LogP contribution >= 0.6 is 0 Å². The summed E-state index contributed by atoms with van der Waals surface area (Å²) < 4.78 is 17.9. The van der Waals surface area contributed by atoms with E-state index in [0.29, 0.717) is 16.8 Å². The lowest BCUT2D eigenvalue weighted by atomic mass is 10.1. The van der Waals surface area contributed by atoms with Crippen molar-refractivity contribution in [1.82, 2.24) is 5.16 Å². The van der Waals surface area contributed by atoms with Gasteiger partial charge in [0.1, 0.15) is 0 Å². The maximum atomic E-state index is 13.2. The molecule has 0 unspecified atom stereocenters. The number of hydrogen-bond donors (Lipinski definition) is 1. The first-order valence-electron chi connectivity index (χ1n) is 4.66. The number of benzene rings is 1. The van der Waals surface area contributed by atoms with Crippen LogP contribution in [0.3, 0.4) is 0 Å². The maximum Gasteiger partial charge on any atom is 0.305 e. The van der Waals surface area contributed by atoms with E-state index in [-0.39, 0.29) is 5.88 Å². The molecule has 2 aromatic rings. The Balaban J connectivity index is 2.62. The van der Waals surface area contributed by atoms with E-state index >= 15 is 0 Å². The molecule has 2 rings (SSSR count). The minimum atomic E-state index is -0.897. The highest BCUT2D eigenvalue weighted by Gasteiger charge is 2.19. The lowest BCUT2D eigenvalue weighted by molar-refractivity contribution is -0.387. The van der Waals surface area contributed by atoms with Crippen LogP contribution in [-0.4, -0.2) is 10.1 Å². The summed E-state index contributed by atoms with van der Waals surface area (Å²) in [6, 6.07) is 3.50. The lowest BCUT2D eigenvalue weighted by Crippen LogP contribution is -1.94. The van der Waals surface area contributed by atoms with E-state index in [1.54, 1.807) is 6.92 Å². The number of anilines is 1. The molecule has 7 heteroatoms. The van der Waals surface area contributed by atoms with Crippen molar-refractivity contribution in [2.75, 3.05) is 5.73 Å². The highest BCUT2D eigenvalue weighted by Crippen LogP contribution is 2.32. The van der Waals surface area contributed by atoms with Crippen LogP contribution in [0.25, 0.3) is 11.1 Å². The summed E-state index contributed by atoms with van der Waals surface area (Å²) in [7, 11) is 0. The van der Waals surface area contributed by atoms with Crippen molar-refractivity contribution in [3.63, 3.8) is 0 Å². The molecule has 1 heterocycles. The van der Waals surface area contributed by atoms with Crippen molar-refractivity contribution < 1.29 is 13.8 Å². The summed E-state index contributed by atoms with van der Waals surface area (Å²) in [4.78, 5) is 9.81. The summed E-state index contributed by atoms with van der Waals surface area (Å²) in [5.41, 5.74) is 6.26. The highest BCUT2D eigenvalue weighted by molar-refractivity contribution is 5.76. The molecule has 6 nitrogen and oxygen atoms in total. The Kier molecular flexibility index (Phi) is 2.51. The zero-order valence-corrected chi connectivity index (χ0v) is 8.81. The van der Waals surface area contributed by atoms with Gasteiger partial charge in [0.05, 0.1) is 16.2 Å². The van der Waals surface area contributed by atoms with Gasteiger partial charge < -0.3 is 10.3 Å². The molecule has 0 saturated heterocycles. The second-order valence-electron chi connectivity index (χ2n) is 3.43. The van der Waals surface area contributed by atoms with E-state index in [0.717, 1.165) is 12.1 Å². The molecule has 0 aliphatic carbocycles. The first kappa shape index (κ1) is 11.1. The minimum Gasteiger partial charge on any atom is -0.367 e. The van der Waals surface area contributed by atoms with Gasteiger partial charge in [0.25, 0.3) is 0 Å². The molecule has 0 fully saturated rings. The molecular weight excluding hydrogens is 229 g/mol. The molecule has 0 bridgehead atoms. The summed E-state index contributed by atoms with van der Waals surface area (Å²) >= 11 is 0. The van der Waals surface area contributed by atoms with Gasteiger partial charge in [0, 0.05) is 6.07 Å². The number of halogens is 1. The standard InChI is InChI=1S/C10H8FN3O3/c1-5-9(10(12)17-13-5)6-2-3-7(11)8(4-6)14(15)16/h2-4H,12H2,1H3. The molecule has 88 valence electrons. The Morgan fingerprint density at radius 1 is 1.53 bits per heavy atom. The van der Waals surface area contributed by atoms with Crippen LogP contribution in [0.4, 0.5) is 16.0 Å². The van der Waals surface area contributed by atoms with E-state index in [1.165, 1.54) is 6.07 Å². The highest BCUT2D eigenvalue weighted by atomic mass is 19.1. The van der Waals surface area contributed by atoms with Crippen molar-refractivity contribution in [3.8, 4) is 11.1 Å². The summed E-state index contributed by atoms with van der Waals surface area (Å²) in [6.45, 7) is 1.64. The lowest BCUT2D eigenvalue weighted by Gasteiger charge is -2.00. The maximum absolute atomic E-state index is 13.2. The van der Waals surface area contributed by atoms with Gasteiger partial charge in [-0.15, -0.1) is 0 Å². The minimum absolute atomic E-state index is 0.0448. The third-order valence-electron chi connectivity index (χ3n) is 2.32. The van der Waals surface area contributed by atoms with Crippen molar-refractivity contribution in [1.29, 1.82) is 0 Å². The van der Waals surface area contributed by atoms with E-state index in [1.807, 2.05) is 0 Å². The molecule has 0 spiro atoms. The third-order valence-corrected chi connectivity index (χ3v) is 2.32. The summed E-state index contributed by atoms with van der Waals surface area (Å²) in [5, 5.41) is 14.2. The number of aromatic nitrogens is 1. The van der Waals surface area contributed by atoms with Crippen LogP contribution in [0.15, 0.2) is 22.7 Å². The third kappa shape index (κ3) is 1.82. The van der Waals surface area contributed by atoms with Crippen molar-refractivity contribution in [3.05, 3.63) is 39.8 Å². The van der Waals surface area contributed by atoms with Crippen molar-refractivity contribution >= 4 is 11.6 Å². The Bertz CT molecular complexity index is 575. The molecule has 17 heavy (non-hydrogen) atoms. The van der Waals surface area contributed by atoms with Gasteiger partial charge in [-0.2, -0.15) is 4.39 Å². The quantitative estimate of drug-likeness (QED) is 0.638. The topological polar surface area (TPSA) is 95.2 Å². The van der Waals surface area contributed by atoms with E-state index in [9.17, 15) is 14.5 Å². The van der Waals surface area contributed by atoms with Crippen molar-refractivity contribution in [2.24, 2.45) is 0 Å². The van der Waals surface area contributed by atoms with E-state index in [2.05, 4.69) is 5.16 Å². The van der Waals surface area contributed by atoms with Crippen LogP contribution in [-0.2, 0) is 0 Å². The average Bonchev–Trinajstić information content (AvgIpc) is 2.59. The Labute approximate surface area is 95.0 Å². The Morgan fingerprint density at radius 3 is 2.76 bits per heavy atom. The molecular formula is C10H8FN3O3. The first-order chi connectivity index (χ1) is 8.00.